The van der Waals surface area contributed by atoms with Crippen molar-refractivity contribution in [1.29, 1.82) is 0 Å². The Labute approximate surface area is 143 Å². The molecule has 0 aliphatic carbocycles. The van der Waals surface area contributed by atoms with Crippen LogP contribution in [0.5, 0.6) is 5.75 Å². The summed E-state index contributed by atoms with van der Waals surface area (Å²) in [5.41, 5.74) is 0.548. The predicted molar refractivity (Wildman–Crippen MR) is 93.9 cm³/mol. The quantitative estimate of drug-likeness (QED) is 0.476. The van der Waals surface area contributed by atoms with E-state index in [9.17, 15) is 4.79 Å². The van der Waals surface area contributed by atoms with E-state index in [1.54, 1.807) is 6.07 Å². The van der Waals surface area contributed by atoms with Crippen molar-refractivity contribution in [2.24, 2.45) is 0 Å². The SMILES string of the molecule is O=C(OCCOc1ccc(Br)cc1)c1ccc2ccccc2c1. The third kappa shape index (κ3) is 4.11. The van der Waals surface area contributed by atoms with Crippen LogP contribution in [0.25, 0.3) is 10.8 Å². The summed E-state index contributed by atoms with van der Waals surface area (Å²) in [7, 11) is 0. The summed E-state index contributed by atoms with van der Waals surface area (Å²) < 4.78 is 11.8. The molecule has 0 N–H and O–H groups in total. The predicted octanol–water partition coefficient (Wildman–Crippen LogP) is 4.84. The van der Waals surface area contributed by atoms with Crippen LogP contribution in [0, 0.1) is 0 Å². The van der Waals surface area contributed by atoms with Crippen molar-refractivity contribution in [3.8, 4) is 5.75 Å². The van der Waals surface area contributed by atoms with Crippen molar-refractivity contribution in [3.63, 3.8) is 0 Å². The number of carbonyl (C=O) groups excluding carboxylic acids is 1. The summed E-state index contributed by atoms with van der Waals surface area (Å²) in [6, 6.07) is 21.0. The lowest BCUT2D eigenvalue weighted by Gasteiger charge is -2.08. The van der Waals surface area contributed by atoms with Crippen molar-refractivity contribution < 1.29 is 14.3 Å². The van der Waals surface area contributed by atoms with Gasteiger partial charge in [0.05, 0.1) is 5.56 Å². The number of rotatable bonds is 5. The number of carbonyl (C=O) groups is 1. The molecule has 0 fully saturated rings. The monoisotopic (exact) mass is 370 g/mol. The molecular formula is C19H15BrO3. The number of hydrogen-bond acceptors (Lipinski definition) is 3. The number of benzene rings is 3. The highest BCUT2D eigenvalue weighted by Gasteiger charge is 2.07. The molecule has 0 unspecified atom stereocenters. The second kappa shape index (κ2) is 7.29. The van der Waals surface area contributed by atoms with E-state index in [1.165, 1.54) is 0 Å². The van der Waals surface area contributed by atoms with Crippen LogP contribution < -0.4 is 4.74 Å². The zero-order valence-corrected chi connectivity index (χ0v) is 14.0. The Kier molecular flexibility index (Phi) is 4.93. The first-order valence-electron chi connectivity index (χ1n) is 7.27. The Hall–Kier alpha value is -2.33. The second-order valence-corrected chi connectivity index (χ2v) is 5.92. The van der Waals surface area contributed by atoms with Gasteiger partial charge in [0.2, 0.25) is 0 Å². The molecule has 0 aliphatic heterocycles. The molecule has 0 bridgehead atoms. The molecule has 0 radical (unpaired) electrons. The van der Waals surface area contributed by atoms with Crippen LogP contribution in [-0.2, 0) is 4.74 Å². The zero-order chi connectivity index (χ0) is 16.1. The van der Waals surface area contributed by atoms with Crippen LogP contribution in [-0.4, -0.2) is 19.2 Å². The molecule has 0 saturated carbocycles. The maximum absolute atomic E-state index is 12.1. The third-order valence-electron chi connectivity index (χ3n) is 3.38. The molecule has 3 aromatic carbocycles. The number of fused-ring (bicyclic) bond motifs is 1. The largest absolute Gasteiger partial charge is 0.490 e. The van der Waals surface area contributed by atoms with Crippen LogP contribution >= 0.6 is 15.9 Å². The molecule has 0 aromatic heterocycles. The molecule has 3 aromatic rings. The lowest BCUT2D eigenvalue weighted by Crippen LogP contribution is -2.12. The van der Waals surface area contributed by atoms with Gasteiger partial charge in [-0.3, -0.25) is 0 Å². The van der Waals surface area contributed by atoms with Gasteiger partial charge in [-0.05, 0) is 47.2 Å². The van der Waals surface area contributed by atoms with E-state index in [-0.39, 0.29) is 12.6 Å². The van der Waals surface area contributed by atoms with Crippen LogP contribution in [0.4, 0.5) is 0 Å². The van der Waals surface area contributed by atoms with Crippen molar-refractivity contribution in [3.05, 3.63) is 76.8 Å². The normalized spacial score (nSPS) is 10.5. The van der Waals surface area contributed by atoms with E-state index >= 15 is 0 Å². The first kappa shape index (κ1) is 15.6. The Bertz CT molecular complexity index is 812. The highest BCUT2D eigenvalue weighted by molar-refractivity contribution is 9.10. The van der Waals surface area contributed by atoms with Gasteiger partial charge in [0, 0.05) is 4.47 Å². The smallest absolute Gasteiger partial charge is 0.338 e. The van der Waals surface area contributed by atoms with Gasteiger partial charge in [0.1, 0.15) is 19.0 Å². The van der Waals surface area contributed by atoms with Crippen LogP contribution in [0.2, 0.25) is 0 Å². The number of hydrogen-bond donors (Lipinski definition) is 0. The Morgan fingerprint density at radius 1 is 0.870 bits per heavy atom. The number of esters is 1. The summed E-state index contributed by atoms with van der Waals surface area (Å²) in [6.45, 7) is 0.530. The van der Waals surface area contributed by atoms with E-state index < -0.39 is 0 Å². The molecule has 0 atom stereocenters. The Morgan fingerprint density at radius 2 is 1.61 bits per heavy atom. The topological polar surface area (TPSA) is 35.5 Å². The average molecular weight is 371 g/mol. The Morgan fingerprint density at radius 3 is 2.39 bits per heavy atom. The third-order valence-corrected chi connectivity index (χ3v) is 3.91. The van der Waals surface area contributed by atoms with Gasteiger partial charge < -0.3 is 9.47 Å². The van der Waals surface area contributed by atoms with Crippen LogP contribution in [0.15, 0.2) is 71.2 Å². The van der Waals surface area contributed by atoms with Gasteiger partial charge in [-0.1, -0.05) is 46.3 Å². The van der Waals surface area contributed by atoms with Crippen molar-refractivity contribution in [2.45, 2.75) is 0 Å². The van der Waals surface area contributed by atoms with Gasteiger partial charge in [0.15, 0.2) is 0 Å². The summed E-state index contributed by atoms with van der Waals surface area (Å²) >= 11 is 3.36. The molecule has 0 spiro atoms. The van der Waals surface area contributed by atoms with Crippen molar-refractivity contribution in [1.82, 2.24) is 0 Å². The number of ether oxygens (including phenoxy) is 2. The molecule has 23 heavy (non-hydrogen) atoms. The molecule has 116 valence electrons. The molecule has 4 heteroatoms. The minimum Gasteiger partial charge on any atom is -0.490 e. The van der Waals surface area contributed by atoms with Gasteiger partial charge in [-0.2, -0.15) is 0 Å². The average Bonchev–Trinajstić information content (AvgIpc) is 2.59. The van der Waals surface area contributed by atoms with E-state index in [4.69, 9.17) is 9.47 Å². The van der Waals surface area contributed by atoms with E-state index in [0.29, 0.717) is 12.2 Å². The fourth-order valence-electron chi connectivity index (χ4n) is 2.22. The van der Waals surface area contributed by atoms with E-state index in [0.717, 1.165) is 21.0 Å². The summed E-state index contributed by atoms with van der Waals surface area (Å²) in [6.07, 6.45) is 0. The summed E-state index contributed by atoms with van der Waals surface area (Å²) in [4.78, 5) is 12.1. The van der Waals surface area contributed by atoms with Gasteiger partial charge >= 0.3 is 5.97 Å². The first-order chi connectivity index (χ1) is 11.2. The number of halogens is 1. The summed E-state index contributed by atoms with van der Waals surface area (Å²) in [5, 5.41) is 2.12. The minimum atomic E-state index is -0.338. The second-order valence-electron chi connectivity index (χ2n) is 5.00. The molecule has 0 aliphatic rings. The highest BCUT2D eigenvalue weighted by atomic mass is 79.9. The van der Waals surface area contributed by atoms with Gasteiger partial charge in [-0.15, -0.1) is 0 Å². The molecule has 3 nitrogen and oxygen atoms in total. The molecule has 0 heterocycles. The standard InChI is InChI=1S/C19H15BrO3/c20-17-7-9-18(10-8-17)22-11-12-23-19(21)16-6-5-14-3-1-2-4-15(14)13-16/h1-10,13H,11-12H2. The minimum absolute atomic E-state index is 0.210. The maximum atomic E-state index is 12.1. The van der Waals surface area contributed by atoms with Gasteiger partial charge in [-0.25, -0.2) is 4.79 Å². The Balaban J connectivity index is 1.53. The molecule has 3 rings (SSSR count). The fourth-order valence-corrected chi connectivity index (χ4v) is 2.49. The lowest BCUT2D eigenvalue weighted by atomic mass is 10.1. The summed E-state index contributed by atoms with van der Waals surface area (Å²) in [5.74, 6) is 0.408. The highest BCUT2D eigenvalue weighted by Crippen LogP contribution is 2.17. The molecular weight excluding hydrogens is 356 g/mol. The van der Waals surface area contributed by atoms with E-state index in [1.807, 2.05) is 60.7 Å². The van der Waals surface area contributed by atoms with E-state index in [2.05, 4.69) is 15.9 Å². The van der Waals surface area contributed by atoms with Crippen molar-refractivity contribution in [2.75, 3.05) is 13.2 Å². The molecule has 0 saturated heterocycles. The lowest BCUT2D eigenvalue weighted by molar-refractivity contribution is 0.0450. The zero-order valence-electron chi connectivity index (χ0n) is 12.4. The van der Waals surface area contributed by atoms with Crippen molar-refractivity contribution >= 4 is 32.7 Å². The van der Waals surface area contributed by atoms with Crippen LogP contribution in [0.1, 0.15) is 10.4 Å². The van der Waals surface area contributed by atoms with Crippen LogP contribution in [0.3, 0.4) is 0 Å². The molecule has 0 amide bonds. The fraction of sp³-hybridized carbons (Fsp3) is 0.105. The first-order valence-corrected chi connectivity index (χ1v) is 8.06. The van der Waals surface area contributed by atoms with Gasteiger partial charge in [0.25, 0.3) is 0 Å². The maximum Gasteiger partial charge on any atom is 0.338 e.